The first-order valence-corrected chi connectivity index (χ1v) is 9.53. The van der Waals surface area contributed by atoms with Gasteiger partial charge in [-0.3, -0.25) is 4.98 Å². The number of pyridine rings is 1. The second-order valence-corrected chi connectivity index (χ2v) is 6.63. The van der Waals surface area contributed by atoms with Crippen LogP contribution >= 0.6 is 0 Å². The molecular formula is C24H22N4O. The molecule has 0 spiro atoms. The number of nitrogens with zero attached hydrogens (tertiary/aromatic N) is 4. The van der Waals surface area contributed by atoms with Crippen LogP contribution < -0.4 is 9.64 Å². The number of aromatic nitrogens is 3. The molecule has 0 aliphatic heterocycles. The molecule has 5 heteroatoms. The van der Waals surface area contributed by atoms with Crippen molar-refractivity contribution >= 4 is 5.82 Å². The van der Waals surface area contributed by atoms with Crippen LogP contribution in [0.2, 0.25) is 0 Å². The molecule has 0 radical (unpaired) electrons. The van der Waals surface area contributed by atoms with Gasteiger partial charge in [-0.25, -0.2) is 9.97 Å². The van der Waals surface area contributed by atoms with Gasteiger partial charge in [-0.15, -0.1) is 0 Å². The van der Waals surface area contributed by atoms with Gasteiger partial charge < -0.3 is 9.64 Å². The van der Waals surface area contributed by atoms with Crippen molar-refractivity contribution in [2.45, 2.75) is 0 Å². The standard InChI is InChI=1S/C24H22N4O/c1-28(15-16-29-21-12-6-3-7-13-21)23-17-22(19-9-4-2-5-10-19)26-24(27-23)20-11-8-14-25-18-20/h2-14,17-18H,15-16H2,1H3. The lowest BCUT2D eigenvalue weighted by molar-refractivity contribution is 0.325. The van der Waals surface area contributed by atoms with Gasteiger partial charge in [-0.05, 0) is 24.3 Å². The second kappa shape index (κ2) is 8.97. The minimum atomic E-state index is 0.563. The van der Waals surface area contributed by atoms with E-state index in [0.29, 0.717) is 19.0 Å². The second-order valence-electron chi connectivity index (χ2n) is 6.63. The van der Waals surface area contributed by atoms with Gasteiger partial charge in [0.05, 0.1) is 12.2 Å². The zero-order chi connectivity index (χ0) is 19.9. The van der Waals surface area contributed by atoms with Crippen LogP contribution in [-0.2, 0) is 0 Å². The molecule has 0 fully saturated rings. The van der Waals surface area contributed by atoms with E-state index in [4.69, 9.17) is 14.7 Å². The fourth-order valence-electron chi connectivity index (χ4n) is 2.94. The van der Waals surface area contributed by atoms with Crippen LogP contribution in [0.25, 0.3) is 22.6 Å². The molecule has 2 aromatic heterocycles. The quantitative estimate of drug-likeness (QED) is 0.463. The van der Waals surface area contributed by atoms with Gasteiger partial charge in [0.15, 0.2) is 5.82 Å². The Morgan fingerprint density at radius 2 is 1.55 bits per heavy atom. The topological polar surface area (TPSA) is 51.1 Å². The zero-order valence-electron chi connectivity index (χ0n) is 16.3. The average molecular weight is 382 g/mol. The van der Waals surface area contributed by atoms with Crippen molar-refractivity contribution in [3.05, 3.63) is 91.3 Å². The summed E-state index contributed by atoms with van der Waals surface area (Å²) >= 11 is 0. The third-order valence-corrected chi connectivity index (χ3v) is 4.53. The summed E-state index contributed by atoms with van der Waals surface area (Å²) in [6.07, 6.45) is 3.53. The maximum atomic E-state index is 5.83. The van der Waals surface area contributed by atoms with Crippen molar-refractivity contribution in [3.8, 4) is 28.4 Å². The molecule has 0 atom stereocenters. The molecule has 4 aromatic rings. The van der Waals surface area contributed by atoms with Crippen LogP contribution in [0.15, 0.2) is 91.3 Å². The van der Waals surface area contributed by atoms with E-state index in [0.717, 1.165) is 28.4 Å². The lowest BCUT2D eigenvalue weighted by Crippen LogP contribution is -2.25. The van der Waals surface area contributed by atoms with E-state index in [2.05, 4.69) is 22.0 Å². The van der Waals surface area contributed by atoms with Crippen LogP contribution in [0.1, 0.15) is 0 Å². The molecule has 0 unspecified atom stereocenters. The van der Waals surface area contributed by atoms with Crippen molar-refractivity contribution in [2.75, 3.05) is 25.1 Å². The highest BCUT2D eigenvalue weighted by Crippen LogP contribution is 2.25. The van der Waals surface area contributed by atoms with Crippen LogP contribution in [0.5, 0.6) is 5.75 Å². The van der Waals surface area contributed by atoms with Crippen molar-refractivity contribution in [1.29, 1.82) is 0 Å². The number of para-hydroxylation sites is 1. The number of ether oxygens (including phenoxy) is 1. The van der Waals surface area contributed by atoms with Crippen LogP contribution in [-0.4, -0.2) is 35.2 Å². The Labute approximate surface area is 170 Å². The molecule has 5 nitrogen and oxygen atoms in total. The SMILES string of the molecule is CN(CCOc1ccccc1)c1cc(-c2ccccc2)nc(-c2cccnc2)n1. The summed E-state index contributed by atoms with van der Waals surface area (Å²) in [4.78, 5) is 15.8. The maximum absolute atomic E-state index is 5.83. The number of likely N-dealkylation sites (N-methyl/N-ethyl adjacent to an activating group) is 1. The molecule has 144 valence electrons. The van der Waals surface area contributed by atoms with E-state index < -0.39 is 0 Å². The summed E-state index contributed by atoms with van der Waals surface area (Å²) in [5.74, 6) is 2.37. The lowest BCUT2D eigenvalue weighted by atomic mass is 10.1. The summed E-state index contributed by atoms with van der Waals surface area (Å²) in [5, 5.41) is 0. The van der Waals surface area contributed by atoms with E-state index in [-0.39, 0.29) is 0 Å². The molecule has 0 aliphatic rings. The third kappa shape index (κ3) is 4.76. The monoisotopic (exact) mass is 382 g/mol. The number of benzene rings is 2. The molecule has 0 saturated heterocycles. The van der Waals surface area contributed by atoms with E-state index in [1.54, 1.807) is 12.4 Å². The maximum Gasteiger partial charge on any atom is 0.163 e. The molecule has 4 rings (SSSR count). The fourth-order valence-corrected chi connectivity index (χ4v) is 2.94. The summed E-state index contributed by atoms with van der Waals surface area (Å²) in [6.45, 7) is 1.26. The van der Waals surface area contributed by atoms with Crippen molar-refractivity contribution < 1.29 is 4.74 Å². The van der Waals surface area contributed by atoms with E-state index in [9.17, 15) is 0 Å². The first kappa shape index (κ1) is 18.6. The molecule has 29 heavy (non-hydrogen) atoms. The van der Waals surface area contributed by atoms with Crippen LogP contribution in [0, 0.1) is 0 Å². The fraction of sp³-hybridized carbons (Fsp3) is 0.125. The number of hydrogen-bond acceptors (Lipinski definition) is 5. The lowest BCUT2D eigenvalue weighted by Gasteiger charge is -2.20. The number of rotatable bonds is 7. The molecular weight excluding hydrogens is 360 g/mol. The molecule has 0 bridgehead atoms. The largest absolute Gasteiger partial charge is 0.492 e. The predicted octanol–water partition coefficient (Wildman–Crippen LogP) is 4.72. The van der Waals surface area contributed by atoms with Gasteiger partial charge in [0.2, 0.25) is 0 Å². The molecule has 2 heterocycles. The van der Waals surface area contributed by atoms with Gasteiger partial charge in [0.25, 0.3) is 0 Å². The van der Waals surface area contributed by atoms with Crippen LogP contribution in [0.3, 0.4) is 0 Å². The predicted molar refractivity (Wildman–Crippen MR) is 116 cm³/mol. The third-order valence-electron chi connectivity index (χ3n) is 4.53. The number of hydrogen-bond donors (Lipinski definition) is 0. The number of anilines is 1. The smallest absolute Gasteiger partial charge is 0.163 e. The molecule has 0 amide bonds. The first-order chi connectivity index (χ1) is 14.3. The Hall–Kier alpha value is -3.73. The molecule has 0 N–H and O–H groups in total. The first-order valence-electron chi connectivity index (χ1n) is 9.53. The Kier molecular flexibility index (Phi) is 5.76. The Morgan fingerprint density at radius 1 is 0.828 bits per heavy atom. The highest BCUT2D eigenvalue weighted by atomic mass is 16.5. The van der Waals surface area contributed by atoms with E-state index in [1.165, 1.54) is 0 Å². The summed E-state index contributed by atoms with van der Waals surface area (Å²) in [5.41, 5.74) is 2.82. The molecule has 0 saturated carbocycles. The van der Waals surface area contributed by atoms with Gasteiger partial charge in [0, 0.05) is 36.6 Å². The van der Waals surface area contributed by atoms with Gasteiger partial charge in [-0.2, -0.15) is 0 Å². The minimum absolute atomic E-state index is 0.563. The van der Waals surface area contributed by atoms with Crippen molar-refractivity contribution in [1.82, 2.24) is 15.0 Å². The van der Waals surface area contributed by atoms with Gasteiger partial charge in [-0.1, -0.05) is 48.5 Å². The summed E-state index contributed by atoms with van der Waals surface area (Å²) < 4.78 is 5.83. The Balaban J connectivity index is 1.59. The van der Waals surface area contributed by atoms with Gasteiger partial charge in [0.1, 0.15) is 18.2 Å². The average Bonchev–Trinajstić information content (AvgIpc) is 2.80. The van der Waals surface area contributed by atoms with Crippen LogP contribution in [0.4, 0.5) is 5.82 Å². The Morgan fingerprint density at radius 3 is 2.28 bits per heavy atom. The van der Waals surface area contributed by atoms with E-state index >= 15 is 0 Å². The molecule has 0 aliphatic carbocycles. The Bertz CT molecular complexity index is 982. The van der Waals surface area contributed by atoms with Gasteiger partial charge >= 0.3 is 0 Å². The zero-order valence-corrected chi connectivity index (χ0v) is 16.3. The summed E-state index contributed by atoms with van der Waals surface area (Å²) in [7, 11) is 2.01. The minimum Gasteiger partial charge on any atom is -0.492 e. The summed E-state index contributed by atoms with van der Waals surface area (Å²) in [6, 6.07) is 25.8. The highest BCUT2D eigenvalue weighted by molar-refractivity contribution is 5.67. The highest BCUT2D eigenvalue weighted by Gasteiger charge is 2.12. The van der Waals surface area contributed by atoms with Crippen molar-refractivity contribution in [3.63, 3.8) is 0 Å². The molecule has 2 aromatic carbocycles. The van der Waals surface area contributed by atoms with Crippen molar-refractivity contribution in [2.24, 2.45) is 0 Å². The van der Waals surface area contributed by atoms with E-state index in [1.807, 2.05) is 73.8 Å². The normalized spacial score (nSPS) is 10.5.